The number of halogens is 2. The van der Waals surface area contributed by atoms with Crippen molar-refractivity contribution >= 4 is 29.1 Å². The third-order valence-electron chi connectivity index (χ3n) is 2.72. The van der Waals surface area contributed by atoms with E-state index < -0.39 is 23.0 Å². The van der Waals surface area contributed by atoms with Crippen LogP contribution in [0.3, 0.4) is 0 Å². The summed E-state index contributed by atoms with van der Waals surface area (Å²) in [5.74, 6) is -1.52. The number of rotatable bonds is 5. The Labute approximate surface area is 122 Å². The van der Waals surface area contributed by atoms with Crippen LogP contribution in [0.25, 0.3) is 0 Å². The zero-order chi connectivity index (χ0) is 15.3. The van der Waals surface area contributed by atoms with Crippen molar-refractivity contribution in [2.45, 2.75) is 13.8 Å². The molecule has 0 spiro atoms. The summed E-state index contributed by atoms with van der Waals surface area (Å²) >= 11 is 5.63. The van der Waals surface area contributed by atoms with Gasteiger partial charge in [-0.3, -0.25) is 9.59 Å². The van der Waals surface area contributed by atoms with Gasteiger partial charge in [0.05, 0.1) is 5.02 Å². The quantitative estimate of drug-likeness (QED) is 0.649. The highest BCUT2D eigenvalue weighted by Crippen LogP contribution is 2.22. The van der Waals surface area contributed by atoms with Crippen LogP contribution in [0.5, 0.6) is 0 Å². The Balaban J connectivity index is 2.80. The summed E-state index contributed by atoms with van der Waals surface area (Å²) in [5.41, 5.74) is -0.949. The largest absolute Gasteiger partial charge is 0.352 e. The number of carbonyl (C=O) groups is 2. The van der Waals surface area contributed by atoms with E-state index in [1.807, 2.05) is 0 Å². The Morgan fingerprint density at radius 1 is 1.40 bits per heavy atom. The number of amides is 2. The van der Waals surface area contributed by atoms with Crippen molar-refractivity contribution in [2.24, 2.45) is 5.41 Å². The highest BCUT2D eigenvalue weighted by atomic mass is 35.5. The molecule has 2 N–H and O–H groups in total. The van der Waals surface area contributed by atoms with Crippen LogP contribution in [0.2, 0.25) is 5.02 Å². The van der Waals surface area contributed by atoms with Crippen LogP contribution in [0.1, 0.15) is 13.8 Å². The first kappa shape index (κ1) is 16.2. The SMILES string of the molecule is C=CCNC(=O)C(C)(C)C(=O)Nc1ccc(F)c(Cl)c1. The molecular formula is C14H16ClFN2O2. The molecule has 4 nitrogen and oxygen atoms in total. The van der Waals surface area contributed by atoms with Crippen LogP contribution in [-0.2, 0) is 9.59 Å². The van der Waals surface area contributed by atoms with Gasteiger partial charge in [-0.15, -0.1) is 6.58 Å². The normalized spacial score (nSPS) is 10.8. The van der Waals surface area contributed by atoms with Crippen molar-refractivity contribution in [2.75, 3.05) is 11.9 Å². The minimum atomic E-state index is -1.27. The maximum Gasteiger partial charge on any atom is 0.239 e. The second-order valence-corrected chi connectivity index (χ2v) is 5.11. The first-order chi connectivity index (χ1) is 9.28. The Hall–Kier alpha value is -1.88. The van der Waals surface area contributed by atoms with Crippen molar-refractivity contribution in [3.8, 4) is 0 Å². The van der Waals surface area contributed by atoms with Crippen molar-refractivity contribution in [1.82, 2.24) is 5.32 Å². The molecule has 0 aliphatic heterocycles. The molecule has 0 radical (unpaired) electrons. The molecule has 0 aromatic heterocycles. The van der Waals surface area contributed by atoms with E-state index >= 15 is 0 Å². The monoisotopic (exact) mass is 298 g/mol. The zero-order valence-electron chi connectivity index (χ0n) is 11.3. The van der Waals surface area contributed by atoms with Crippen molar-refractivity contribution in [3.05, 3.63) is 41.7 Å². The predicted octanol–water partition coefficient (Wildman–Crippen LogP) is 2.75. The van der Waals surface area contributed by atoms with Gasteiger partial charge in [-0.2, -0.15) is 0 Å². The van der Waals surface area contributed by atoms with Gasteiger partial charge in [0.1, 0.15) is 11.2 Å². The highest BCUT2D eigenvalue weighted by molar-refractivity contribution is 6.31. The van der Waals surface area contributed by atoms with E-state index in [-0.39, 0.29) is 11.6 Å². The van der Waals surface area contributed by atoms with Gasteiger partial charge in [0, 0.05) is 12.2 Å². The molecule has 0 saturated heterocycles. The summed E-state index contributed by atoms with van der Waals surface area (Å²) < 4.78 is 13.0. The number of anilines is 1. The maximum absolute atomic E-state index is 13.0. The lowest BCUT2D eigenvalue weighted by atomic mass is 9.91. The maximum atomic E-state index is 13.0. The van der Waals surface area contributed by atoms with Crippen molar-refractivity contribution in [3.63, 3.8) is 0 Å². The van der Waals surface area contributed by atoms with Crippen molar-refractivity contribution in [1.29, 1.82) is 0 Å². The number of benzene rings is 1. The Morgan fingerprint density at radius 2 is 2.05 bits per heavy atom. The van der Waals surface area contributed by atoms with Crippen LogP contribution in [0.15, 0.2) is 30.9 Å². The smallest absolute Gasteiger partial charge is 0.239 e. The van der Waals surface area contributed by atoms with Gasteiger partial charge in [-0.05, 0) is 32.0 Å². The van der Waals surface area contributed by atoms with E-state index in [4.69, 9.17) is 11.6 Å². The lowest BCUT2D eigenvalue weighted by Crippen LogP contribution is -2.45. The molecule has 1 rings (SSSR count). The van der Waals surface area contributed by atoms with Crippen LogP contribution in [0.4, 0.5) is 10.1 Å². The molecule has 0 aliphatic carbocycles. The molecular weight excluding hydrogens is 283 g/mol. The number of carbonyl (C=O) groups excluding carboxylic acids is 2. The third kappa shape index (κ3) is 3.81. The van der Waals surface area contributed by atoms with Crippen LogP contribution in [0, 0.1) is 11.2 Å². The van der Waals surface area contributed by atoms with Gasteiger partial charge < -0.3 is 10.6 Å². The van der Waals surface area contributed by atoms with Crippen LogP contribution in [-0.4, -0.2) is 18.4 Å². The molecule has 1 aromatic rings. The third-order valence-corrected chi connectivity index (χ3v) is 3.01. The number of hydrogen-bond donors (Lipinski definition) is 2. The first-order valence-electron chi connectivity index (χ1n) is 5.94. The standard InChI is InChI=1S/C14H16ClFN2O2/c1-4-7-17-12(19)14(2,3)13(20)18-9-5-6-11(16)10(15)8-9/h4-6,8H,1,7H2,2-3H3,(H,17,19)(H,18,20). The Bertz CT molecular complexity index is 544. The summed E-state index contributed by atoms with van der Waals surface area (Å²) in [4.78, 5) is 24.0. The number of hydrogen-bond acceptors (Lipinski definition) is 2. The molecule has 1 aromatic carbocycles. The van der Waals surface area contributed by atoms with E-state index in [0.29, 0.717) is 5.69 Å². The molecule has 6 heteroatoms. The van der Waals surface area contributed by atoms with E-state index in [0.717, 1.165) is 6.07 Å². The van der Waals surface area contributed by atoms with Crippen LogP contribution < -0.4 is 10.6 Å². The molecule has 0 aliphatic rings. The molecule has 0 fully saturated rings. The van der Waals surface area contributed by atoms with E-state index in [9.17, 15) is 14.0 Å². The fraction of sp³-hybridized carbons (Fsp3) is 0.286. The fourth-order valence-electron chi connectivity index (χ4n) is 1.35. The Kier molecular flexibility index (Phi) is 5.27. The van der Waals surface area contributed by atoms with Gasteiger partial charge in [0.15, 0.2) is 0 Å². The average molecular weight is 299 g/mol. The zero-order valence-corrected chi connectivity index (χ0v) is 12.1. The molecule has 0 atom stereocenters. The Morgan fingerprint density at radius 3 is 2.60 bits per heavy atom. The van der Waals surface area contributed by atoms with E-state index in [1.54, 1.807) is 0 Å². The van der Waals surface area contributed by atoms with Gasteiger partial charge in [0.25, 0.3) is 0 Å². The molecule has 0 saturated carbocycles. The molecule has 108 valence electrons. The minimum Gasteiger partial charge on any atom is -0.352 e. The molecule has 2 amide bonds. The number of nitrogens with one attached hydrogen (secondary N) is 2. The second kappa shape index (κ2) is 6.52. The average Bonchev–Trinajstić information content (AvgIpc) is 2.39. The first-order valence-corrected chi connectivity index (χ1v) is 6.32. The summed E-state index contributed by atoms with van der Waals surface area (Å²) in [7, 11) is 0. The lowest BCUT2D eigenvalue weighted by molar-refractivity contribution is -0.138. The van der Waals surface area contributed by atoms with Gasteiger partial charge in [0.2, 0.25) is 11.8 Å². The van der Waals surface area contributed by atoms with Crippen LogP contribution >= 0.6 is 11.6 Å². The van der Waals surface area contributed by atoms with Gasteiger partial charge in [-0.25, -0.2) is 4.39 Å². The molecule has 0 heterocycles. The fourth-order valence-corrected chi connectivity index (χ4v) is 1.53. The molecule has 0 bridgehead atoms. The summed E-state index contributed by atoms with van der Waals surface area (Å²) in [6.45, 7) is 6.74. The topological polar surface area (TPSA) is 58.2 Å². The lowest BCUT2D eigenvalue weighted by Gasteiger charge is -2.22. The molecule has 0 unspecified atom stereocenters. The molecule has 20 heavy (non-hydrogen) atoms. The van der Waals surface area contributed by atoms with E-state index in [1.165, 1.54) is 32.1 Å². The van der Waals surface area contributed by atoms with Gasteiger partial charge >= 0.3 is 0 Å². The minimum absolute atomic E-state index is 0.100. The summed E-state index contributed by atoms with van der Waals surface area (Å²) in [6.07, 6.45) is 1.52. The second-order valence-electron chi connectivity index (χ2n) is 4.71. The van der Waals surface area contributed by atoms with E-state index in [2.05, 4.69) is 17.2 Å². The van der Waals surface area contributed by atoms with Gasteiger partial charge in [-0.1, -0.05) is 17.7 Å². The summed E-state index contributed by atoms with van der Waals surface area (Å²) in [6, 6.07) is 3.80. The highest BCUT2D eigenvalue weighted by Gasteiger charge is 2.35. The van der Waals surface area contributed by atoms with Crippen molar-refractivity contribution < 1.29 is 14.0 Å². The predicted molar refractivity (Wildman–Crippen MR) is 77.0 cm³/mol. The summed E-state index contributed by atoms with van der Waals surface area (Å²) in [5, 5.41) is 4.99.